The summed E-state index contributed by atoms with van der Waals surface area (Å²) in [6.45, 7) is 1.01. The molecule has 0 saturated carbocycles. The van der Waals surface area contributed by atoms with E-state index in [4.69, 9.17) is 9.84 Å². The first kappa shape index (κ1) is 11.7. The van der Waals surface area contributed by atoms with Crippen molar-refractivity contribution >= 4 is 5.78 Å². The fourth-order valence-electron chi connectivity index (χ4n) is 1.80. The van der Waals surface area contributed by atoms with Gasteiger partial charge in [0.05, 0.1) is 6.10 Å². The highest BCUT2D eigenvalue weighted by Gasteiger charge is 2.15. The number of hydrogen-bond acceptors (Lipinski definition) is 3. The molecule has 1 atom stereocenters. The summed E-state index contributed by atoms with van der Waals surface area (Å²) in [6, 6.07) is 0. The van der Waals surface area contributed by atoms with Crippen LogP contribution in [0.3, 0.4) is 0 Å². The summed E-state index contributed by atoms with van der Waals surface area (Å²) in [6.07, 6.45) is 6.48. The topological polar surface area (TPSA) is 46.5 Å². The molecule has 1 saturated heterocycles. The van der Waals surface area contributed by atoms with E-state index in [2.05, 4.69) is 0 Å². The van der Waals surface area contributed by atoms with Crippen molar-refractivity contribution in [3.05, 3.63) is 0 Å². The lowest BCUT2D eigenvalue weighted by atomic mass is 10.1. The van der Waals surface area contributed by atoms with Gasteiger partial charge in [-0.25, -0.2) is 0 Å². The molecule has 1 rings (SSSR count). The van der Waals surface area contributed by atoms with Crippen LogP contribution in [-0.4, -0.2) is 30.2 Å². The van der Waals surface area contributed by atoms with Crippen molar-refractivity contribution in [1.82, 2.24) is 0 Å². The highest BCUT2D eigenvalue weighted by atomic mass is 16.5. The first-order valence-electron chi connectivity index (χ1n) is 5.57. The molecule has 1 fully saturated rings. The molecule has 0 spiro atoms. The van der Waals surface area contributed by atoms with E-state index in [-0.39, 0.29) is 12.4 Å². The quantitative estimate of drug-likeness (QED) is 0.680. The predicted octanol–water partition coefficient (Wildman–Crippen LogP) is 1.68. The van der Waals surface area contributed by atoms with Gasteiger partial charge in [-0.15, -0.1) is 0 Å². The number of carbonyl (C=O) groups is 1. The Hall–Kier alpha value is -0.410. The Kier molecular flexibility index (Phi) is 5.80. The molecule has 1 aliphatic rings. The number of rotatable bonds is 7. The van der Waals surface area contributed by atoms with Gasteiger partial charge in [-0.3, -0.25) is 4.79 Å². The average Bonchev–Trinajstić information content (AvgIpc) is 2.67. The number of aliphatic hydroxyl groups is 1. The highest BCUT2D eigenvalue weighted by molar-refractivity contribution is 5.78. The second kappa shape index (κ2) is 6.96. The second-order valence-corrected chi connectivity index (χ2v) is 3.89. The number of aliphatic hydroxyl groups excluding tert-OH is 1. The molecule has 3 nitrogen and oxygen atoms in total. The first-order valence-corrected chi connectivity index (χ1v) is 5.57. The van der Waals surface area contributed by atoms with Crippen LogP contribution in [0.2, 0.25) is 0 Å². The monoisotopic (exact) mass is 200 g/mol. The second-order valence-electron chi connectivity index (χ2n) is 3.89. The van der Waals surface area contributed by atoms with Crippen molar-refractivity contribution in [2.24, 2.45) is 0 Å². The summed E-state index contributed by atoms with van der Waals surface area (Å²) < 4.78 is 5.46. The van der Waals surface area contributed by atoms with Gasteiger partial charge in [0.25, 0.3) is 0 Å². The van der Waals surface area contributed by atoms with Crippen LogP contribution in [0, 0.1) is 0 Å². The minimum absolute atomic E-state index is 0.122. The average molecular weight is 200 g/mol. The van der Waals surface area contributed by atoms with Crippen LogP contribution in [0.4, 0.5) is 0 Å². The lowest BCUT2D eigenvalue weighted by molar-refractivity contribution is -0.119. The van der Waals surface area contributed by atoms with E-state index >= 15 is 0 Å². The van der Waals surface area contributed by atoms with Gasteiger partial charge in [-0.2, -0.15) is 0 Å². The third-order valence-corrected chi connectivity index (χ3v) is 2.62. The van der Waals surface area contributed by atoms with Crippen molar-refractivity contribution in [2.75, 3.05) is 13.2 Å². The molecule has 1 unspecified atom stereocenters. The zero-order valence-electron chi connectivity index (χ0n) is 8.71. The SMILES string of the molecule is O=C(CCCO)CCCC1CCCO1. The predicted molar refractivity (Wildman–Crippen MR) is 54.2 cm³/mol. The molecular formula is C11H20O3. The standard InChI is InChI=1S/C11H20O3/c12-8-2-5-10(13)4-1-6-11-7-3-9-14-11/h11-12H,1-9H2. The zero-order valence-corrected chi connectivity index (χ0v) is 8.71. The Morgan fingerprint density at radius 3 is 2.79 bits per heavy atom. The number of Topliss-reactive ketones (excluding diaryl/α,β-unsaturated/α-hetero) is 1. The molecule has 0 aromatic heterocycles. The van der Waals surface area contributed by atoms with Crippen molar-refractivity contribution in [2.45, 2.75) is 51.0 Å². The highest BCUT2D eigenvalue weighted by Crippen LogP contribution is 2.17. The van der Waals surface area contributed by atoms with E-state index in [1.54, 1.807) is 0 Å². The Balaban J connectivity index is 1.94. The number of hydrogen-bond donors (Lipinski definition) is 1. The van der Waals surface area contributed by atoms with E-state index in [9.17, 15) is 4.79 Å². The van der Waals surface area contributed by atoms with E-state index < -0.39 is 0 Å². The van der Waals surface area contributed by atoms with Gasteiger partial charge in [-0.1, -0.05) is 0 Å². The van der Waals surface area contributed by atoms with Crippen LogP contribution in [0.15, 0.2) is 0 Å². The number of ether oxygens (including phenoxy) is 1. The maximum Gasteiger partial charge on any atom is 0.133 e. The molecule has 0 radical (unpaired) electrons. The van der Waals surface area contributed by atoms with Gasteiger partial charge in [0.1, 0.15) is 5.78 Å². The summed E-state index contributed by atoms with van der Waals surface area (Å²) in [5, 5.41) is 8.54. The van der Waals surface area contributed by atoms with Crippen LogP contribution in [0.25, 0.3) is 0 Å². The molecule has 0 aromatic rings. The van der Waals surface area contributed by atoms with Gasteiger partial charge < -0.3 is 9.84 Å². The summed E-state index contributed by atoms with van der Waals surface area (Å²) in [4.78, 5) is 11.2. The van der Waals surface area contributed by atoms with Gasteiger partial charge in [-0.05, 0) is 32.1 Å². The molecule has 82 valence electrons. The van der Waals surface area contributed by atoms with Gasteiger partial charge >= 0.3 is 0 Å². The fourth-order valence-corrected chi connectivity index (χ4v) is 1.80. The molecule has 0 bridgehead atoms. The fraction of sp³-hybridized carbons (Fsp3) is 0.909. The van der Waals surface area contributed by atoms with Gasteiger partial charge in [0.15, 0.2) is 0 Å². The summed E-state index contributed by atoms with van der Waals surface area (Å²) in [5.74, 6) is 0.275. The lowest BCUT2D eigenvalue weighted by Crippen LogP contribution is -2.06. The largest absolute Gasteiger partial charge is 0.396 e. The minimum atomic E-state index is 0.122. The molecular weight excluding hydrogens is 180 g/mol. The Morgan fingerprint density at radius 1 is 1.36 bits per heavy atom. The molecule has 0 aromatic carbocycles. The van der Waals surface area contributed by atoms with Crippen LogP contribution >= 0.6 is 0 Å². The minimum Gasteiger partial charge on any atom is -0.396 e. The molecule has 0 aliphatic carbocycles. The summed E-state index contributed by atoms with van der Waals surface area (Å²) in [7, 11) is 0. The van der Waals surface area contributed by atoms with Crippen LogP contribution in [0.1, 0.15) is 44.9 Å². The van der Waals surface area contributed by atoms with Crippen molar-refractivity contribution in [1.29, 1.82) is 0 Å². The summed E-state index contributed by atoms with van der Waals surface area (Å²) in [5.41, 5.74) is 0. The normalized spacial score (nSPS) is 21.4. The molecule has 1 heterocycles. The van der Waals surface area contributed by atoms with E-state index in [1.165, 1.54) is 6.42 Å². The molecule has 14 heavy (non-hydrogen) atoms. The number of ketones is 1. The Bertz CT molecular complexity index is 162. The van der Waals surface area contributed by atoms with Gasteiger partial charge in [0.2, 0.25) is 0 Å². The van der Waals surface area contributed by atoms with Crippen molar-refractivity contribution in [3.63, 3.8) is 0 Å². The zero-order chi connectivity index (χ0) is 10.2. The van der Waals surface area contributed by atoms with Gasteiger partial charge in [0, 0.05) is 26.1 Å². The smallest absolute Gasteiger partial charge is 0.133 e. The summed E-state index contributed by atoms with van der Waals surface area (Å²) >= 11 is 0. The molecule has 1 aliphatic heterocycles. The van der Waals surface area contributed by atoms with Crippen LogP contribution in [0.5, 0.6) is 0 Å². The Labute approximate surface area is 85.5 Å². The van der Waals surface area contributed by atoms with E-state index in [0.29, 0.717) is 25.4 Å². The number of carbonyl (C=O) groups excluding carboxylic acids is 1. The molecule has 1 N–H and O–H groups in total. The van der Waals surface area contributed by atoms with Crippen LogP contribution in [-0.2, 0) is 9.53 Å². The molecule has 3 heteroatoms. The maximum absolute atomic E-state index is 11.2. The molecule has 0 amide bonds. The van der Waals surface area contributed by atoms with E-state index in [1.807, 2.05) is 0 Å². The first-order chi connectivity index (χ1) is 6.83. The van der Waals surface area contributed by atoms with Crippen molar-refractivity contribution < 1.29 is 14.6 Å². The maximum atomic E-state index is 11.2. The van der Waals surface area contributed by atoms with Crippen LogP contribution < -0.4 is 0 Å². The Morgan fingerprint density at radius 2 is 2.14 bits per heavy atom. The van der Waals surface area contributed by atoms with E-state index in [0.717, 1.165) is 25.9 Å². The lowest BCUT2D eigenvalue weighted by Gasteiger charge is -2.07. The van der Waals surface area contributed by atoms with Crippen molar-refractivity contribution in [3.8, 4) is 0 Å². The third kappa shape index (κ3) is 4.72. The third-order valence-electron chi connectivity index (χ3n) is 2.62.